The molecule has 0 fully saturated rings. The van der Waals surface area contributed by atoms with Gasteiger partial charge in [0.2, 0.25) is 0 Å². The largest absolute Gasteiger partial charge is 0.573 e. The number of hydrazone groups is 1. The van der Waals surface area contributed by atoms with Crippen LogP contribution in [0.25, 0.3) is 17.1 Å². The van der Waals surface area contributed by atoms with E-state index in [0.29, 0.717) is 16.6 Å². The average molecular weight is 513 g/mol. The zero-order chi connectivity index (χ0) is 25.5. The standard InChI is InChI=1S/C24H19F3N6O2S/c1-34-20-10-6-18(7-11-20)30-23(36)31-29-14-16-2-4-17(5-3-16)22-28-15-33(32-22)19-8-12-21(13-9-19)35-24(25,26)27/h2-15H,1H3,(H2,30,31,36)/b29-14+. The number of aromatic nitrogens is 3. The summed E-state index contributed by atoms with van der Waals surface area (Å²) in [5.74, 6) is 0.893. The molecule has 0 saturated carbocycles. The lowest BCUT2D eigenvalue weighted by atomic mass is 10.1. The summed E-state index contributed by atoms with van der Waals surface area (Å²) < 4.78 is 47.4. The Labute approximate surface area is 209 Å². The van der Waals surface area contributed by atoms with Gasteiger partial charge in [0, 0.05) is 11.3 Å². The van der Waals surface area contributed by atoms with E-state index in [9.17, 15) is 13.2 Å². The van der Waals surface area contributed by atoms with E-state index in [2.05, 4.69) is 30.7 Å². The monoisotopic (exact) mass is 512 g/mol. The summed E-state index contributed by atoms with van der Waals surface area (Å²) >= 11 is 5.23. The maximum Gasteiger partial charge on any atom is 0.573 e. The van der Waals surface area contributed by atoms with E-state index >= 15 is 0 Å². The van der Waals surface area contributed by atoms with Gasteiger partial charge in [-0.15, -0.1) is 18.3 Å². The molecule has 3 aromatic carbocycles. The van der Waals surface area contributed by atoms with Gasteiger partial charge >= 0.3 is 6.36 Å². The van der Waals surface area contributed by atoms with Gasteiger partial charge in [-0.05, 0) is 66.3 Å². The first kappa shape index (κ1) is 24.7. The molecule has 0 radical (unpaired) electrons. The Kier molecular flexibility index (Phi) is 7.44. The van der Waals surface area contributed by atoms with E-state index in [4.69, 9.17) is 17.0 Å². The van der Waals surface area contributed by atoms with Crippen LogP contribution in [0.15, 0.2) is 84.2 Å². The molecule has 1 heterocycles. The molecule has 8 nitrogen and oxygen atoms in total. The molecule has 4 rings (SSSR count). The molecule has 12 heteroatoms. The van der Waals surface area contributed by atoms with Crippen molar-refractivity contribution in [3.05, 3.63) is 84.7 Å². The molecule has 0 unspecified atom stereocenters. The van der Waals surface area contributed by atoms with Gasteiger partial charge in [-0.25, -0.2) is 9.67 Å². The molecule has 0 aliphatic rings. The van der Waals surface area contributed by atoms with Crippen LogP contribution >= 0.6 is 12.2 Å². The number of methoxy groups -OCH3 is 1. The molecule has 0 bridgehead atoms. The molecule has 0 aliphatic carbocycles. The number of nitrogens with one attached hydrogen (secondary N) is 2. The molecular weight excluding hydrogens is 493 g/mol. The maximum atomic E-state index is 12.3. The number of rotatable bonds is 7. The smallest absolute Gasteiger partial charge is 0.497 e. The predicted octanol–water partition coefficient (Wildman–Crippen LogP) is 5.16. The van der Waals surface area contributed by atoms with Crippen LogP contribution in [0.3, 0.4) is 0 Å². The Morgan fingerprint density at radius 3 is 2.28 bits per heavy atom. The van der Waals surface area contributed by atoms with Crippen LogP contribution in [0, 0.1) is 0 Å². The van der Waals surface area contributed by atoms with Crippen molar-refractivity contribution in [3.63, 3.8) is 0 Å². The van der Waals surface area contributed by atoms with Crippen LogP contribution in [0.4, 0.5) is 18.9 Å². The number of nitrogens with zero attached hydrogens (tertiary/aromatic N) is 4. The second kappa shape index (κ2) is 10.9. The molecule has 1 aromatic heterocycles. The molecule has 0 atom stereocenters. The van der Waals surface area contributed by atoms with Crippen LogP contribution < -0.4 is 20.2 Å². The normalized spacial score (nSPS) is 11.3. The average Bonchev–Trinajstić information content (AvgIpc) is 3.35. The SMILES string of the molecule is COc1ccc(NC(=S)N/N=C/c2ccc(-c3ncn(-c4ccc(OC(F)(F)F)cc4)n3)cc2)cc1. The highest BCUT2D eigenvalue weighted by atomic mass is 32.1. The van der Waals surface area contributed by atoms with Crippen molar-refractivity contribution < 1.29 is 22.6 Å². The number of alkyl halides is 3. The van der Waals surface area contributed by atoms with Crippen molar-refractivity contribution in [2.75, 3.05) is 12.4 Å². The summed E-state index contributed by atoms with van der Waals surface area (Å²) in [5, 5.41) is 11.9. The van der Waals surface area contributed by atoms with Crippen LogP contribution in [-0.2, 0) is 0 Å². The van der Waals surface area contributed by atoms with Crippen LogP contribution in [0.5, 0.6) is 11.5 Å². The van der Waals surface area contributed by atoms with E-state index in [1.807, 2.05) is 48.5 Å². The summed E-state index contributed by atoms with van der Waals surface area (Å²) in [7, 11) is 1.60. The van der Waals surface area contributed by atoms with Gasteiger partial charge in [0.05, 0.1) is 19.0 Å². The van der Waals surface area contributed by atoms with E-state index in [-0.39, 0.29) is 5.75 Å². The minimum absolute atomic E-state index is 0.310. The van der Waals surface area contributed by atoms with Gasteiger partial charge in [-0.3, -0.25) is 5.43 Å². The number of thiocarbonyl (C=S) groups is 1. The Morgan fingerprint density at radius 2 is 1.64 bits per heavy atom. The molecule has 0 spiro atoms. The quantitative estimate of drug-likeness (QED) is 0.201. The van der Waals surface area contributed by atoms with Gasteiger partial charge < -0.3 is 14.8 Å². The summed E-state index contributed by atoms with van der Waals surface area (Å²) in [6, 6.07) is 20.0. The summed E-state index contributed by atoms with van der Waals surface area (Å²) in [5.41, 5.74) is 5.66. The lowest BCUT2D eigenvalue weighted by Gasteiger charge is -2.09. The van der Waals surface area contributed by atoms with Gasteiger partial charge in [0.15, 0.2) is 10.9 Å². The molecule has 4 aromatic rings. The van der Waals surface area contributed by atoms with Crippen molar-refractivity contribution in [2.45, 2.75) is 6.36 Å². The zero-order valence-electron chi connectivity index (χ0n) is 18.7. The van der Waals surface area contributed by atoms with E-state index in [1.54, 1.807) is 13.3 Å². The van der Waals surface area contributed by atoms with Crippen molar-refractivity contribution in [1.82, 2.24) is 20.2 Å². The Morgan fingerprint density at radius 1 is 0.972 bits per heavy atom. The van der Waals surface area contributed by atoms with Crippen molar-refractivity contribution in [3.8, 4) is 28.6 Å². The molecule has 0 amide bonds. The minimum Gasteiger partial charge on any atom is -0.497 e. The highest BCUT2D eigenvalue weighted by Crippen LogP contribution is 2.24. The number of halogens is 3. The van der Waals surface area contributed by atoms with Gasteiger partial charge in [0.25, 0.3) is 0 Å². The minimum atomic E-state index is -4.74. The van der Waals surface area contributed by atoms with Crippen LogP contribution in [-0.4, -0.2) is 39.6 Å². The Balaban J connectivity index is 1.33. The number of hydrogen-bond donors (Lipinski definition) is 2. The third-order valence-corrected chi connectivity index (χ3v) is 4.92. The number of ether oxygens (including phenoxy) is 2. The third kappa shape index (κ3) is 6.79. The topological polar surface area (TPSA) is 85.6 Å². The van der Waals surface area contributed by atoms with Gasteiger partial charge in [0.1, 0.15) is 17.8 Å². The molecule has 2 N–H and O–H groups in total. The fourth-order valence-electron chi connectivity index (χ4n) is 3.04. The lowest BCUT2D eigenvalue weighted by Crippen LogP contribution is -2.23. The van der Waals surface area contributed by atoms with Crippen molar-refractivity contribution in [2.24, 2.45) is 5.10 Å². The fraction of sp³-hybridized carbons (Fsp3) is 0.0833. The van der Waals surface area contributed by atoms with Crippen molar-refractivity contribution >= 4 is 29.2 Å². The molecule has 0 saturated heterocycles. The third-order valence-electron chi connectivity index (χ3n) is 4.72. The lowest BCUT2D eigenvalue weighted by molar-refractivity contribution is -0.274. The number of anilines is 1. The first-order valence-electron chi connectivity index (χ1n) is 10.4. The molecular formula is C24H19F3N6O2S. The summed E-state index contributed by atoms with van der Waals surface area (Å²) in [4.78, 5) is 4.27. The maximum absolute atomic E-state index is 12.3. The van der Waals surface area contributed by atoms with Gasteiger partial charge in [-0.2, -0.15) is 5.10 Å². The second-order valence-electron chi connectivity index (χ2n) is 7.23. The predicted molar refractivity (Wildman–Crippen MR) is 133 cm³/mol. The second-order valence-corrected chi connectivity index (χ2v) is 7.64. The fourth-order valence-corrected chi connectivity index (χ4v) is 3.21. The highest BCUT2D eigenvalue weighted by Gasteiger charge is 2.31. The Bertz CT molecular complexity index is 1340. The number of hydrogen-bond acceptors (Lipinski definition) is 6. The summed E-state index contributed by atoms with van der Waals surface area (Å²) in [6.07, 6.45) is -1.65. The molecule has 0 aliphatic heterocycles. The molecule has 36 heavy (non-hydrogen) atoms. The van der Waals surface area contributed by atoms with E-state index in [0.717, 1.165) is 22.6 Å². The first-order chi connectivity index (χ1) is 17.3. The zero-order valence-corrected chi connectivity index (χ0v) is 19.5. The summed E-state index contributed by atoms with van der Waals surface area (Å²) in [6.45, 7) is 0. The van der Waals surface area contributed by atoms with E-state index < -0.39 is 6.36 Å². The highest BCUT2D eigenvalue weighted by molar-refractivity contribution is 7.80. The molecule has 184 valence electrons. The van der Waals surface area contributed by atoms with Crippen LogP contribution in [0.2, 0.25) is 0 Å². The Hall–Kier alpha value is -4.45. The number of benzene rings is 3. The first-order valence-corrected chi connectivity index (χ1v) is 10.8. The van der Waals surface area contributed by atoms with Crippen molar-refractivity contribution in [1.29, 1.82) is 0 Å². The van der Waals surface area contributed by atoms with E-state index in [1.165, 1.54) is 35.3 Å². The van der Waals surface area contributed by atoms with Crippen LogP contribution in [0.1, 0.15) is 5.56 Å². The van der Waals surface area contributed by atoms with Gasteiger partial charge in [-0.1, -0.05) is 24.3 Å².